The number of hydrogen-bond donors (Lipinski definition) is 2. The van der Waals surface area contributed by atoms with Crippen LogP contribution in [0.2, 0.25) is 0 Å². The number of nitrogens with zero attached hydrogens (tertiary/aromatic N) is 1. The van der Waals surface area contributed by atoms with Crippen LogP contribution in [0.1, 0.15) is 20.8 Å². The first kappa shape index (κ1) is 10.4. The van der Waals surface area contributed by atoms with E-state index in [1.807, 2.05) is 18.7 Å². The zero-order valence-electron chi connectivity index (χ0n) is 7.29. The van der Waals surface area contributed by atoms with Crippen LogP contribution in [0.15, 0.2) is 0 Å². The van der Waals surface area contributed by atoms with Crippen LogP contribution >= 0.6 is 0 Å². The molecule has 0 aliphatic rings. The Kier molecular flexibility index (Phi) is 4.81. The molecular formula is C7H16N2O2. The molecule has 0 fully saturated rings. The summed E-state index contributed by atoms with van der Waals surface area (Å²) in [6.07, 6.45) is 0. The Hall–Kier alpha value is -0.610. The van der Waals surface area contributed by atoms with Gasteiger partial charge in [0, 0.05) is 0 Å². The lowest BCUT2D eigenvalue weighted by molar-refractivity contribution is -0.134. The van der Waals surface area contributed by atoms with Crippen LogP contribution < -0.4 is 5.48 Å². The van der Waals surface area contributed by atoms with Crippen LogP contribution in [-0.2, 0) is 4.79 Å². The minimum atomic E-state index is -0.353. The van der Waals surface area contributed by atoms with E-state index in [1.165, 1.54) is 0 Å². The number of hydrogen-bond acceptors (Lipinski definition) is 3. The molecule has 1 unspecified atom stereocenters. The summed E-state index contributed by atoms with van der Waals surface area (Å²) >= 11 is 0. The number of likely N-dealkylation sites (N-methyl/N-ethyl adjacent to an activating group) is 1. The molecule has 0 rings (SSSR count). The zero-order chi connectivity index (χ0) is 8.85. The summed E-state index contributed by atoms with van der Waals surface area (Å²) in [5, 5.41) is 8.32. The third-order valence-corrected chi connectivity index (χ3v) is 1.85. The predicted molar refractivity (Wildman–Crippen MR) is 42.3 cm³/mol. The number of carbonyl (C=O) groups is 1. The Bertz CT molecular complexity index is 124. The van der Waals surface area contributed by atoms with Gasteiger partial charge >= 0.3 is 0 Å². The van der Waals surface area contributed by atoms with Gasteiger partial charge in [0.15, 0.2) is 0 Å². The quantitative estimate of drug-likeness (QED) is 0.457. The van der Waals surface area contributed by atoms with E-state index in [1.54, 1.807) is 12.4 Å². The molecule has 0 spiro atoms. The molecular weight excluding hydrogens is 144 g/mol. The Morgan fingerprint density at radius 2 is 2.00 bits per heavy atom. The molecule has 2 N–H and O–H groups in total. The Labute approximate surface area is 67.1 Å². The second-order valence-corrected chi connectivity index (χ2v) is 2.37. The summed E-state index contributed by atoms with van der Waals surface area (Å²) in [4.78, 5) is 12.8. The van der Waals surface area contributed by atoms with Gasteiger partial charge in [-0.3, -0.25) is 14.9 Å². The van der Waals surface area contributed by atoms with Crippen molar-refractivity contribution in [3.63, 3.8) is 0 Å². The van der Waals surface area contributed by atoms with E-state index in [0.717, 1.165) is 13.1 Å². The largest absolute Gasteiger partial charge is 0.293 e. The standard InChI is InChI=1S/C7H16N2O2/c1-4-9(5-2)6(3)7(10)8-11/h6,11H,4-5H2,1-3H3,(H,8,10). The topological polar surface area (TPSA) is 52.6 Å². The third-order valence-electron chi connectivity index (χ3n) is 1.85. The highest BCUT2D eigenvalue weighted by Gasteiger charge is 2.17. The minimum absolute atomic E-state index is 0.255. The average molecular weight is 160 g/mol. The molecule has 4 nitrogen and oxygen atoms in total. The fraction of sp³-hybridized carbons (Fsp3) is 0.857. The molecule has 0 heterocycles. The van der Waals surface area contributed by atoms with Crippen molar-refractivity contribution in [3.8, 4) is 0 Å². The van der Waals surface area contributed by atoms with Crippen molar-refractivity contribution < 1.29 is 10.0 Å². The first-order valence-electron chi connectivity index (χ1n) is 3.85. The van der Waals surface area contributed by atoms with E-state index in [4.69, 9.17) is 5.21 Å². The highest BCUT2D eigenvalue weighted by molar-refractivity contribution is 5.80. The van der Waals surface area contributed by atoms with Crippen LogP contribution in [0.3, 0.4) is 0 Å². The van der Waals surface area contributed by atoms with Crippen molar-refractivity contribution in [3.05, 3.63) is 0 Å². The lowest BCUT2D eigenvalue weighted by Gasteiger charge is -2.23. The average Bonchev–Trinajstić information content (AvgIpc) is 2.05. The van der Waals surface area contributed by atoms with Crippen molar-refractivity contribution in [1.82, 2.24) is 10.4 Å². The van der Waals surface area contributed by atoms with E-state index in [-0.39, 0.29) is 11.9 Å². The SMILES string of the molecule is CCN(CC)C(C)C(=O)NO. The molecule has 0 bridgehead atoms. The van der Waals surface area contributed by atoms with Gasteiger partial charge in [0.05, 0.1) is 6.04 Å². The maximum Gasteiger partial charge on any atom is 0.260 e. The number of hydroxylamine groups is 1. The second kappa shape index (κ2) is 5.09. The van der Waals surface area contributed by atoms with Crippen molar-refractivity contribution in [2.45, 2.75) is 26.8 Å². The van der Waals surface area contributed by atoms with Crippen molar-refractivity contribution >= 4 is 5.91 Å². The van der Waals surface area contributed by atoms with Gasteiger partial charge < -0.3 is 0 Å². The lowest BCUT2D eigenvalue weighted by Crippen LogP contribution is -2.43. The monoisotopic (exact) mass is 160 g/mol. The Balaban J connectivity index is 3.97. The molecule has 66 valence electrons. The Morgan fingerprint density at radius 1 is 1.55 bits per heavy atom. The summed E-state index contributed by atoms with van der Waals surface area (Å²) in [6.45, 7) is 7.34. The molecule has 1 amide bonds. The molecule has 4 heteroatoms. The van der Waals surface area contributed by atoms with Crippen LogP contribution in [0.25, 0.3) is 0 Å². The predicted octanol–water partition coefficient (Wildman–Crippen LogP) is 0.222. The molecule has 1 atom stereocenters. The normalized spacial score (nSPS) is 13.2. The van der Waals surface area contributed by atoms with Gasteiger partial charge in [0.25, 0.3) is 5.91 Å². The molecule has 0 saturated heterocycles. The summed E-state index contributed by atoms with van der Waals surface area (Å²) in [7, 11) is 0. The highest BCUT2D eigenvalue weighted by Crippen LogP contribution is 1.96. The zero-order valence-corrected chi connectivity index (χ0v) is 7.29. The maximum atomic E-state index is 10.9. The number of carbonyl (C=O) groups excluding carboxylic acids is 1. The van der Waals surface area contributed by atoms with E-state index in [9.17, 15) is 4.79 Å². The Morgan fingerprint density at radius 3 is 2.27 bits per heavy atom. The lowest BCUT2D eigenvalue weighted by atomic mass is 10.2. The molecule has 0 aliphatic carbocycles. The summed E-state index contributed by atoms with van der Waals surface area (Å²) in [5.74, 6) is -0.353. The van der Waals surface area contributed by atoms with E-state index in [0.29, 0.717) is 0 Å². The van der Waals surface area contributed by atoms with Gasteiger partial charge in [-0.25, -0.2) is 5.48 Å². The maximum absolute atomic E-state index is 10.9. The smallest absolute Gasteiger partial charge is 0.260 e. The molecule has 0 aliphatic heterocycles. The number of nitrogens with one attached hydrogen (secondary N) is 1. The number of amides is 1. The van der Waals surface area contributed by atoms with Crippen molar-refractivity contribution in [2.75, 3.05) is 13.1 Å². The van der Waals surface area contributed by atoms with Crippen LogP contribution in [0.5, 0.6) is 0 Å². The molecule has 0 radical (unpaired) electrons. The van der Waals surface area contributed by atoms with Crippen LogP contribution in [0.4, 0.5) is 0 Å². The van der Waals surface area contributed by atoms with E-state index < -0.39 is 0 Å². The number of rotatable bonds is 4. The minimum Gasteiger partial charge on any atom is -0.293 e. The van der Waals surface area contributed by atoms with Crippen LogP contribution in [0, 0.1) is 0 Å². The molecule has 0 saturated carbocycles. The van der Waals surface area contributed by atoms with E-state index >= 15 is 0 Å². The van der Waals surface area contributed by atoms with Crippen LogP contribution in [-0.4, -0.2) is 35.1 Å². The van der Waals surface area contributed by atoms with Gasteiger partial charge in [-0.05, 0) is 20.0 Å². The summed E-state index contributed by atoms with van der Waals surface area (Å²) in [6, 6.07) is -0.255. The first-order chi connectivity index (χ1) is 5.17. The van der Waals surface area contributed by atoms with Gasteiger partial charge in [-0.15, -0.1) is 0 Å². The molecule has 11 heavy (non-hydrogen) atoms. The van der Waals surface area contributed by atoms with Crippen molar-refractivity contribution in [2.24, 2.45) is 0 Å². The van der Waals surface area contributed by atoms with Gasteiger partial charge in [0.2, 0.25) is 0 Å². The van der Waals surface area contributed by atoms with E-state index in [2.05, 4.69) is 0 Å². The molecule has 0 aromatic heterocycles. The second-order valence-electron chi connectivity index (χ2n) is 2.37. The fourth-order valence-corrected chi connectivity index (χ4v) is 1.03. The summed E-state index contributed by atoms with van der Waals surface area (Å²) in [5.41, 5.74) is 1.63. The summed E-state index contributed by atoms with van der Waals surface area (Å²) < 4.78 is 0. The molecule has 0 aromatic carbocycles. The third kappa shape index (κ3) is 2.86. The van der Waals surface area contributed by atoms with Crippen molar-refractivity contribution in [1.29, 1.82) is 0 Å². The fourth-order valence-electron chi connectivity index (χ4n) is 1.03. The highest BCUT2D eigenvalue weighted by atomic mass is 16.5. The molecule has 0 aromatic rings. The van der Waals surface area contributed by atoms with Gasteiger partial charge in [-0.1, -0.05) is 13.8 Å². The first-order valence-corrected chi connectivity index (χ1v) is 3.85. The van der Waals surface area contributed by atoms with Gasteiger partial charge in [0.1, 0.15) is 0 Å². The van der Waals surface area contributed by atoms with Gasteiger partial charge in [-0.2, -0.15) is 0 Å².